The molecule has 1 aromatic heterocycles. The summed E-state index contributed by atoms with van der Waals surface area (Å²) in [6.45, 7) is 4.36. The van der Waals surface area contributed by atoms with E-state index in [1.54, 1.807) is 6.07 Å². The van der Waals surface area contributed by atoms with E-state index in [1.807, 2.05) is 0 Å². The van der Waals surface area contributed by atoms with Gasteiger partial charge in [0.2, 0.25) is 0 Å². The Balaban J connectivity index is 2.14. The van der Waals surface area contributed by atoms with Gasteiger partial charge < -0.3 is 15.8 Å². The lowest BCUT2D eigenvalue weighted by Crippen LogP contribution is -2.32. The Morgan fingerprint density at radius 2 is 2.24 bits per heavy atom. The normalized spacial score (nSPS) is 15.7. The third-order valence-electron chi connectivity index (χ3n) is 3.17. The Morgan fingerprint density at radius 1 is 1.59 bits per heavy atom. The van der Waals surface area contributed by atoms with Gasteiger partial charge in [0, 0.05) is 5.54 Å². The smallest absolute Gasteiger partial charge is 0.350 e. The first-order valence-electron chi connectivity index (χ1n) is 5.70. The topological polar surface area (TPSA) is 64.3 Å². The van der Waals surface area contributed by atoms with Crippen LogP contribution in [-0.2, 0) is 4.74 Å². The molecule has 0 aromatic carbocycles. The standard InChI is InChI=1S/C12H18N2O2S/c1-12(2,7-4-5-7)14-9-6-8(13)10(17-9)11(15)16-3/h6-7,14H,4-5,13H2,1-3H3. The molecule has 1 aliphatic rings. The van der Waals surface area contributed by atoms with Crippen molar-refractivity contribution in [2.45, 2.75) is 32.2 Å². The number of nitrogen functional groups attached to an aromatic ring is 1. The third kappa shape index (κ3) is 2.54. The third-order valence-corrected chi connectivity index (χ3v) is 4.22. The van der Waals surface area contributed by atoms with Crippen LogP contribution in [0.4, 0.5) is 10.7 Å². The van der Waals surface area contributed by atoms with Gasteiger partial charge in [0.1, 0.15) is 4.88 Å². The second-order valence-electron chi connectivity index (χ2n) is 5.01. The number of esters is 1. The first-order chi connectivity index (χ1) is 7.94. The van der Waals surface area contributed by atoms with Gasteiger partial charge in [0.15, 0.2) is 0 Å². The van der Waals surface area contributed by atoms with Gasteiger partial charge in [-0.05, 0) is 38.7 Å². The molecule has 1 heterocycles. The molecular weight excluding hydrogens is 236 g/mol. The van der Waals surface area contributed by atoms with Gasteiger partial charge in [-0.1, -0.05) is 0 Å². The molecule has 5 heteroatoms. The summed E-state index contributed by atoms with van der Waals surface area (Å²) in [7, 11) is 1.36. The van der Waals surface area contributed by atoms with E-state index in [1.165, 1.54) is 31.3 Å². The molecule has 0 atom stereocenters. The number of carbonyl (C=O) groups is 1. The van der Waals surface area contributed by atoms with Crippen LogP contribution in [0.2, 0.25) is 0 Å². The van der Waals surface area contributed by atoms with Crippen LogP contribution in [-0.4, -0.2) is 18.6 Å². The Morgan fingerprint density at radius 3 is 2.76 bits per heavy atom. The van der Waals surface area contributed by atoms with E-state index >= 15 is 0 Å². The first kappa shape index (κ1) is 12.2. The fourth-order valence-electron chi connectivity index (χ4n) is 1.94. The number of hydrogen-bond donors (Lipinski definition) is 2. The van der Waals surface area contributed by atoms with Crippen molar-refractivity contribution < 1.29 is 9.53 Å². The number of hydrogen-bond acceptors (Lipinski definition) is 5. The van der Waals surface area contributed by atoms with E-state index in [2.05, 4.69) is 23.9 Å². The van der Waals surface area contributed by atoms with Gasteiger partial charge in [0.25, 0.3) is 0 Å². The van der Waals surface area contributed by atoms with Crippen LogP contribution in [0.3, 0.4) is 0 Å². The number of nitrogens with one attached hydrogen (secondary N) is 1. The minimum Gasteiger partial charge on any atom is -0.465 e. The lowest BCUT2D eigenvalue weighted by atomic mass is 9.99. The second-order valence-corrected chi connectivity index (χ2v) is 6.06. The zero-order valence-electron chi connectivity index (χ0n) is 10.4. The van der Waals surface area contributed by atoms with Crippen molar-refractivity contribution in [3.8, 4) is 0 Å². The number of anilines is 2. The summed E-state index contributed by atoms with van der Waals surface area (Å²) in [5.74, 6) is 0.345. The molecule has 2 rings (SSSR count). The van der Waals surface area contributed by atoms with Gasteiger partial charge in [-0.3, -0.25) is 0 Å². The van der Waals surface area contributed by atoms with Crippen LogP contribution in [0, 0.1) is 5.92 Å². The molecule has 0 radical (unpaired) electrons. The maximum absolute atomic E-state index is 11.4. The average Bonchev–Trinajstić information content (AvgIpc) is 3.04. The Kier molecular flexibility index (Phi) is 3.03. The maximum Gasteiger partial charge on any atom is 0.350 e. The van der Waals surface area contributed by atoms with E-state index in [9.17, 15) is 4.79 Å². The van der Waals surface area contributed by atoms with Crippen LogP contribution < -0.4 is 11.1 Å². The Bertz CT molecular complexity index is 436. The summed E-state index contributed by atoms with van der Waals surface area (Å²) in [5, 5.41) is 4.38. The van der Waals surface area contributed by atoms with E-state index in [0.717, 1.165) is 5.00 Å². The molecule has 1 aliphatic carbocycles. The summed E-state index contributed by atoms with van der Waals surface area (Å²) in [6, 6.07) is 1.81. The van der Waals surface area contributed by atoms with Gasteiger partial charge in [0.05, 0.1) is 17.8 Å². The fraction of sp³-hybridized carbons (Fsp3) is 0.583. The minimum absolute atomic E-state index is 0.0602. The zero-order chi connectivity index (χ0) is 12.6. The van der Waals surface area contributed by atoms with Crippen molar-refractivity contribution in [3.05, 3.63) is 10.9 Å². The molecule has 94 valence electrons. The molecule has 0 aliphatic heterocycles. The van der Waals surface area contributed by atoms with E-state index in [-0.39, 0.29) is 11.5 Å². The number of carbonyl (C=O) groups excluding carboxylic acids is 1. The molecular formula is C12H18N2O2S. The molecule has 0 amide bonds. The monoisotopic (exact) mass is 254 g/mol. The number of thiophene rings is 1. The molecule has 1 saturated carbocycles. The summed E-state index contributed by atoms with van der Waals surface area (Å²) in [6.07, 6.45) is 2.54. The van der Waals surface area contributed by atoms with Crippen molar-refractivity contribution in [3.63, 3.8) is 0 Å². The van der Waals surface area contributed by atoms with E-state index in [4.69, 9.17) is 5.73 Å². The Labute approximate surface area is 105 Å². The second kappa shape index (κ2) is 4.22. The number of nitrogens with two attached hydrogens (primary N) is 1. The summed E-state index contributed by atoms with van der Waals surface area (Å²) in [5.41, 5.74) is 6.34. The lowest BCUT2D eigenvalue weighted by Gasteiger charge is -2.26. The largest absolute Gasteiger partial charge is 0.465 e. The number of rotatable bonds is 4. The van der Waals surface area contributed by atoms with Crippen LogP contribution in [0.15, 0.2) is 6.07 Å². The molecule has 17 heavy (non-hydrogen) atoms. The van der Waals surface area contributed by atoms with Crippen LogP contribution in [0.25, 0.3) is 0 Å². The van der Waals surface area contributed by atoms with Crippen LogP contribution in [0.1, 0.15) is 36.4 Å². The van der Waals surface area contributed by atoms with Crippen LogP contribution in [0.5, 0.6) is 0 Å². The molecule has 0 saturated heterocycles. The molecule has 4 nitrogen and oxygen atoms in total. The van der Waals surface area contributed by atoms with Crippen molar-refractivity contribution in [2.75, 3.05) is 18.2 Å². The predicted octanol–water partition coefficient (Wildman–Crippen LogP) is 2.72. The van der Waals surface area contributed by atoms with Gasteiger partial charge >= 0.3 is 5.97 Å². The van der Waals surface area contributed by atoms with Crippen molar-refractivity contribution in [2.24, 2.45) is 5.92 Å². The highest BCUT2D eigenvalue weighted by Gasteiger charge is 2.38. The SMILES string of the molecule is COC(=O)c1sc(NC(C)(C)C2CC2)cc1N. The summed E-state index contributed by atoms with van der Waals surface area (Å²) in [4.78, 5) is 11.9. The van der Waals surface area contributed by atoms with Crippen molar-refractivity contribution in [1.82, 2.24) is 0 Å². The molecule has 0 unspecified atom stereocenters. The molecule has 1 aromatic rings. The molecule has 0 spiro atoms. The van der Waals surface area contributed by atoms with Crippen molar-refractivity contribution >= 4 is 28.0 Å². The Hall–Kier alpha value is -1.23. The van der Waals surface area contributed by atoms with Crippen molar-refractivity contribution in [1.29, 1.82) is 0 Å². The summed E-state index contributed by atoms with van der Waals surface area (Å²) >= 11 is 1.35. The quantitative estimate of drug-likeness (QED) is 0.811. The maximum atomic E-state index is 11.4. The fourth-order valence-corrected chi connectivity index (χ4v) is 3.01. The van der Waals surface area contributed by atoms with E-state index < -0.39 is 0 Å². The van der Waals surface area contributed by atoms with Gasteiger partial charge in [-0.15, -0.1) is 11.3 Å². The number of methoxy groups -OCH3 is 1. The predicted molar refractivity (Wildman–Crippen MR) is 70.5 cm³/mol. The van der Waals surface area contributed by atoms with Crippen LogP contribution >= 0.6 is 11.3 Å². The summed E-state index contributed by atoms with van der Waals surface area (Å²) < 4.78 is 4.68. The highest BCUT2D eigenvalue weighted by atomic mass is 32.1. The van der Waals surface area contributed by atoms with E-state index in [0.29, 0.717) is 16.5 Å². The lowest BCUT2D eigenvalue weighted by molar-refractivity contribution is 0.0607. The average molecular weight is 254 g/mol. The van der Waals surface area contributed by atoms with Gasteiger partial charge in [-0.2, -0.15) is 0 Å². The zero-order valence-corrected chi connectivity index (χ0v) is 11.2. The molecule has 3 N–H and O–H groups in total. The molecule has 1 fully saturated rings. The minimum atomic E-state index is -0.371. The first-order valence-corrected chi connectivity index (χ1v) is 6.51. The molecule has 0 bridgehead atoms. The highest BCUT2D eigenvalue weighted by Crippen LogP contribution is 2.42. The highest BCUT2D eigenvalue weighted by molar-refractivity contribution is 7.18. The van der Waals surface area contributed by atoms with Gasteiger partial charge in [-0.25, -0.2) is 4.79 Å². The number of ether oxygens (including phenoxy) is 1.